The van der Waals surface area contributed by atoms with Gasteiger partial charge < -0.3 is 14.8 Å². The Morgan fingerprint density at radius 3 is 3.00 bits per heavy atom. The van der Waals surface area contributed by atoms with Gasteiger partial charge in [-0.1, -0.05) is 6.07 Å². The van der Waals surface area contributed by atoms with Gasteiger partial charge in [0.15, 0.2) is 11.5 Å². The Balaban J connectivity index is 2.04. The number of ether oxygens (including phenoxy) is 2. The van der Waals surface area contributed by atoms with Crippen molar-refractivity contribution >= 4 is 0 Å². The van der Waals surface area contributed by atoms with Crippen LogP contribution in [0.1, 0.15) is 5.69 Å². The zero-order valence-corrected chi connectivity index (χ0v) is 10.4. The summed E-state index contributed by atoms with van der Waals surface area (Å²) in [5.74, 6) is 1.60. The molecule has 1 N–H and O–H groups in total. The minimum atomic E-state index is 0.301. The molecule has 3 rings (SSSR count). The van der Waals surface area contributed by atoms with Crippen molar-refractivity contribution in [1.82, 2.24) is 15.1 Å². The second-order valence-corrected chi connectivity index (χ2v) is 4.23. The first kappa shape index (κ1) is 11.1. The number of rotatable bonds is 3. The molecule has 1 aliphatic heterocycles. The number of aryl methyl sites for hydroxylation is 1. The molecule has 0 fully saturated rings. The van der Waals surface area contributed by atoms with Gasteiger partial charge >= 0.3 is 0 Å². The highest BCUT2D eigenvalue weighted by Crippen LogP contribution is 2.36. The largest absolute Gasteiger partial charge is 0.454 e. The molecule has 0 saturated carbocycles. The lowest BCUT2D eigenvalue weighted by molar-refractivity contribution is 0.174. The molecule has 1 aromatic carbocycles. The Morgan fingerprint density at radius 2 is 2.17 bits per heavy atom. The molecule has 0 unspecified atom stereocenters. The summed E-state index contributed by atoms with van der Waals surface area (Å²) in [6.45, 7) is 1.08. The summed E-state index contributed by atoms with van der Waals surface area (Å²) in [6.07, 6.45) is 1.88. The molecular formula is C13H15N3O2. The van der Waals surface area contributed by atoms with Gasteiger partial charge in [0.2, 0.25) is 6.79 Å². The van der Waals surface area contributed by atoms with Crippen LogP contribution in [-0.2, 0) is 13.6 Å². The fraction of sp³-hybridized carbons (Fsp3) is 0.308. The Hall–Kier alpha value is -2.01. The van der Waals surface area contributed by atoms with Crippen LogP contribution in [0.15, 0.2) is 24.4 Å². The second-order valence-electron chi connectivity index (χ2n) is 4.23. The van der Waals surface area contributed by atoms with E-state index in [9.17, 15) is 0 Å². The summed E-state index contributed by atoms with van der Waals surface area (Å²) in [5, 5.41) is 7.47. The molecule has 1 aromatic heterocycles. The molecule has 0 atom stereocenters. The maximum atomic E-state index is 5.40. The highest BCUT2D eigenvalue weighted by atomic mass is 16.7. The zero-order valence-electron chi connectivity index (χ0n) is 10.4. The lowest BCUT2D eigenvalue weighted by atomic mass is 10.1. The van der Waals surface area contributed by atoms with Gasteiger partial charge in [0.1, 0.15) is 0 Å². The molecule has 5 heteroatoms. The van der Waals surface area contributed by atoms with Crippen molar-refractivity contribution in [2.75, 3.05) is 13.8 Å². The van der Waals surface area contributed by atoms with Gasteiger partial charge in [0.25, 0.3) is 0 Å². The number of nitrogens with one attached hydrogen (secondary N) is 1. The summed E-state index contributed by atoms with van der Waals surface area (Å²) in [6, 6.07) is 5.97. The summed E-state index contributed by atoms with van der Waals surface area (Å²) < 4.78 is 12.6. The minimum absolute atomic E-state index is 0.301. The summed E-state index contributed by atoms with van der Waals surface area (Å²) in [7, 11) is 3.87. The van der Waals surface area contributed by atoms with Gasteiger partial charge in [-0.15, -0.1) is 0 Å². The van der Waals surface area contributed by atoms with Crippen LogP contribution in [0.2, 0.25) is 0 Å². The lowest BCUT2D eigenvalue weighted by Gasteiger charge is -2.06. The van der Waals surface area contributed by atoms with Crippen LogP contribution in [0.4, 0.5) is 0 Å². The number of hydrogen-bond acceptors (Lipinski definition) is 4. The van der Waals surface area contributed by atoms with Crippen molar-refractivity contribution < 1.29 is 9.47 Å². The standard InChI is InChI=1S/C13H15N3O2/c1-14-7-11-10(6-15-16(11)2)9-3-4-12-13(5-9)18-8-17-12/h3-6,14H,7-8H2,1-2H3. The number of nitrogens with zero attached hydrogens (tertiary/aromatic N) is 2. The van der Waals surface area contributed by atoms with E-state index < -0.39 is 0 Å². The van der Waals surface area contributed by atoms with E-state index in [-0.39, 0.29) is 0 Å². The van der Waals surface area contributed by atoms with Gasteiger partial charge in [-0.05, 0) is 24.7 Å². The minimum Gasteiger partial charge on any atom is -0.454 e. The first-order chi connectivity index (χ1) is 8.79. The Kier molecular flexibility index (Phi) is 2.68. The molecule has 5 nitrogen and oxygen atoms in total. The van der Waals surface area contributed by atoms with Crippen LogP contribution >= 0.6 is 0 Å². The third-order valence-electron chi connectivity index (χ3n) is 3.09. The number of aromatic nitrogens is 2. The van der Waals surface area contributed by atoms with Crippen LogP contribution in [-0.4, -0.2) is 23.6 Å². The molecule has 94 valence electrons. The van der Waals surface area contributed by atoms with E-state index in [1.165, 1.54) is 0 Å². The van der Waals surface area contributed by atoms with Crippen LogP contribution in [0.25, 0.3) is 11.1 Å². The van der Waals surface area contributed by atoms with E-state index in [1.54, 1.807) is 0 Å². The van der Waals surface area contributed by atoms with E-state index in [4.69, 9.17) is 9.47 Å². The summed E-state index contributed by atoms with van der Waals surface area (Å²) in [4.78, 5) is 0. The Labute approximate surface area is 105 Å². The van der Waals surface area contributed by atoms with Gasteiger partial charge in [-0.25, -0.2) is 0 Å². The molecule has 0 aliphatic carbocycles. The highest BCUT2D eigenvalue weighted by molar-refractivity contribution is 5.69. The number of fused-ring (bicyclic) bond motifs is 1. The van der Waals surface area contributed by atoms with Gasteiger partial charge in [-0.3, -0.25) is 4.68 Å². The molecule has 2 heterocycles. The van der Waals surface area contributed by atoms with Crippen molar-refractivity contribution in [2.24, 2.45) is 7.05 Å². The fourth-order valence-corrected chi connectivity index (χ4v) is 2.15. The zero-order chi connectivity index (χ0) is 12.5. The van der Waals surface area contributed by atoms with E-state index in [1.807, 2.05) is 43.2 Å². The quantitative estimate of drug-likeness (QED) is 0.891. The Morgan fingerprint density at radius 1 is 1.33 bits per heavy atom. The number of benzene rings is 1. The normalized spacial score (nSPS) is 13.0. The molecule has 0 bridgehead atoms. The molecule has 0 saturated heterocycles. The molecule has 0 radical (unpaired) electrons. The van der Waals surface area contributed by atoms with Crippen molar-refractivity contribution in [1.29, 1.82) is 0 Å². The maximum absolute atomic E-state index is 5.40. The fourth-order valence-electron chi connectivity index (χ4n) is 2.15. The number of hydrogen-bond donors (Lipinski definition) is 1. The molecule has 2 aromatic rings. The third-order valence-corrected chi connectivity index (χ3v) is 3.09. The van der Waals surface area contributed by atoms with Crippen molar-refractivity contribution in [3.05, 3.63) is 30.1 Å². The molecule has 1 aliphatic rings. The van der Waals surface area contributed by atoms with Crippen molar-refractivity contribution in [2.45, 2.75) is 6.54 Å². The van der Waals surface area contributed by atoms with E-state index in [0.717, 1.165) is 34.9 Å². The smallest absolute Gasteiger partial charge is 0.231 e. The first-order valence-electron chi connectivity index (χ1n) is 5.85. The van der Waals surface area contributed by atoms with Crippen LogP contribution in [0.5, 0.6) is 11.5 Å². The lowest BCUT2D eigenvalue weighted by Crippen LogP contribution is -2.10. The molecule has 0 spiro atoms. The van der Waals surface area contributed by atoms with Crippen LogP contribution in [0, 0.1) is 0 Å². The average Bonchev–Trinajstić information content (AvgIpc) is 2.97. The van der Waals surface area contributed by atoms with Crippen molar-refractivity contribution in [3.63, 3.8) is 0 Å². The SMILES string of the molecule is CNCc1c(-c2ccc3c(c2)OCO3)cnn1C. The van der Waals surface area contributed by atoms with E-state index in [0.29, 0.717) is 6.79 Å². The predicted octanol–water partition coefficient (Wildman–Crippen LogP) is 1.54. The summed E-state index contributed by atoms with van der Waals surface area (Å²) in [5.41, 5.74) is 3.36. The summed E-state index contributed by atoms with van der Waals surface area (Å²) >= 11 is 0. The first-order valence-corrected chi connectivity index (χ1v) is 5.85. The molecule has 0 amide bonds. The highest BCUT2D eigenvalue weighted by Gasteiger charge is 2.16. The van der Waals surface area contributed by atoms with Crippen LogP contribution < -0.4 is 14.8 Å². The van der Waals surface area contributed by atoms with Gasteiger partial charge in [0.05, 0.1) is 11.9 Å². The molecular weight excluding hydrogens is 230 g/mol. The van der Waals surface area contributed by atoms with Crippen LogP contribution in [0.3, 0.4) is 0 Å². The monoisotopic (exact) mass is 245 g/mol. The topological polar surface area (TPSA) is 48.3 Å². The maximum Gasteiger partial charge on any atom is 0.231 e. The van der Waals surface area contributed by atoms with E-state index >= 15 is 0 Å². The van der Waals surface area contributed by atoms with Crippen molar-refractivity contribution in [3.8, 4) is 22.6 Å². The third kappa shape index (κ3) is 1.73. The molecule has 18 heavy (non-hydrogen) atoms. The van der Waals surface area contributed by atoms with Gasteiger partial charge in [0, 0.05) is 19.2 Å². The predicted molar refractivity (Wildman–Crippen MR) is 67.5 cm³/mol. The van der Waals surface area contributed by atoms with Gasteiger partial charge in [-0.2, -0.15) is 5.10 Å². The van der Waals surface area contributed by atoms with E-state index in [2.05, 4.69) is 10.4 Å². The second kappa shape index (κ2) is 4.34. The average molecular weight is 245 g/mol. The Bertz CT molecular complexity index is 578.